The van der Waals surface area contributed by atoms with Crippen LogP contribution in [0.1, 0.15) is 32.1 Å². The van der Waals surface area contributed by atoms with E-state index >= 15 is 0 Å². The summed E-state index contributed by atoms with van der Waals surface area (Å²) in [5, 5.41) is 2.72. The van der Waals surface area contributed by atoms with Crippen molar-refractivity contribution in [2.24, 2.45) is 5.73 Å². The molecule has 1 rings (SSSR count). The van der Waals surface area contributed by atoms with Gasteiger partial charge in [0.05, 0.1) is 6.10 Å². The molecule has 0 saturated heterocycles. The van der Waals surface area contributed by atoms with Crippen LogP contribution in [-0.4, -0.2) is 31.2 Å². The molecule has 16 heavy (non-hydrogen) atoms. The predicted octanol–water partition coefficient (Wildman–Crippen LogP) is 0.965. The summed E-state index contributed by atoms with van der Waals surface area (Å²) in [4.78, 5) is 10.8. The van der Waals surface area contributed by atoms with Gasteiger partial charge in [-0.15, -0.1) is 0 Å². The SMILES string of the molecule is C=CC(=O)NCCCOC1CCC(N)CC1. The third kappa shape index (κ3) is 5.28. The zero-order chi connectivity index (χ0) is 11.8. The van der Waals surface area contributed by atoms with E-state index in [-0.39, 0.29) is 5.91 Å². The Morgan fingerprint density at radius 2 is 2.12 bits per heavy atom. The average Bonchev–Trinajstić information content (AvgIpc) is 2.31. The minimum atomic E-state index is -0.122. The molecule has 4 nitrogen and oxygen atoms in total. The zero-order valence-electron chi connectivity index (χ0n) is 9.78. The molecule has 0 aliphatic heterocycles. The molecule has 1 amide bonds. The topological polar surface area (TPSA) is 64.3 Å². The van der Waals surface area contributed by atoms with Gasteiger partial charge in [-0.2, -0.15) is 0 Å². The first-order chi connectivity index (χ1) is 7.72. The van der Waals surface area contributed by atoms with Gasteiger partial charge in [0, 0.05) is 19.2 Å². The van der Waals surface area contributed by atoms with Crippen molar-refractivity contribution in [3.8, 4) is 0 Å². The van der Waals surface area contributed by atoms with Gasteiger partial charge in [0.2, 0.25) is 5.91 Å². The molecule has 0 radical (unpaired) electrons. The zero-order valence-corrected chi connectivity index (χ0v) is 9.78. The largest absolute Gasteiger partial charge is 0.378 e. The van der Waals surface area contributed by atoms with Crippen LogP contribution in [0.5, 0.6) is 0 Å². The lowest BCUT2D eigenvalue weighted by molar-refractivity contribution is -0.116. The number of hydrogen-bond donors (Lipinski definition) is 2. The van der Waals surface area contributed by atoms with Crippen LogP contribution in [0.2, 0.25) is 0 Å². The highest BCUT2D eigenvalue weighted by atomic mass is 16.5. The van der Waals surface area contributed by atoms with Crippen LogP contribution >= 0.6 is 0 Å². The fourth-order valence-electron chi connectivity index (χ4n) is 1.86. The van der Waals surface area contributed by atoms with Crippen molar-refractivity contribution in [3.05, 3.63) is 12.7 Å². The van der Waals surface area contributed by atoms with E-state index in [1.54, 1.807) is 0 Å². The van der Waals surface area contributed by atoms with Gasteiger partial charge in [-0.3, -0.25) is 4.79 Å². The summed E-state index contributed by atoms with van der Waals surface area (Å²) in [7, 11) is 0. The second kappa shape index (κ2) is 7.41. The van der Waals surface area contributed by atoms with E-state index in [0.29, 0.717) is 25.3 Å². The van der Waals surface area contributed by atoms with Crippen LogP contribution in [0.15, 0.2) is 12.7 Å². The Kier molecular flexibility index (Phi) is 6.11. The first-order valence-corrected chi connectivity index (χ1v) is 6.00. The molecule has 1 aliphatic carbocycles. The first kappa shape index (κ1) is 13.2. The number of carbonyl (C=O) groups excluding carboxylic acids is 1. The Hall–Kier alpha value is -0.870. The van der Waals surface area contributed by atoms with Crippen molar-refractivity contribution in [1.82, 2.24) is 5.32 Å². The van der Waals surface area contributed by atoms with Crippen LogP contribution in [0, 0.1) is 0 Å². The number of amides is 1. The quantitative estimate of drug-likeness (QED) is 0.524. The van der Waals surface area contributed by atoms with Gasteiger partial charge >= 0.3 is 0 Å². The molecule has 0 heterocycles. The molecule has 1 saturated carbocycles. The summed E-state index contributed by atoms with van der Waals surface area (Å²) in [5.41, 5.74) is 5.81. The summed E-state index contributed by atoms with van der Waals surface area (Å²) in [6.45, 7) is 4.74. The van der Waals surface area contributed by atoms with Gasteiger partial charge in [-0.1, -0.05) is 6.58 Å². The minimum absolute atomic E-state index is 0.122. The standard InChI is InChI=1S/C12H22N2O2/c1-2-12(15)14-8-3-9-16-11-6-4-10(13)5-7-11/h2,10-11H,1,3-9,13H2,(H,14,15). The Labute approximate surface area is 97.2 Å². The highest BCUT2D eigenvalue weighted by molar-refractivity contribution is 5.86. The predicted molar refractivity (Wildman–Crippen MR) is 64.0 cm³/mol. The smallest absolute Gasteiger partial charge is 0.243 e. The maximum absolute atomic E-state index is 10.8. The second-order valence-electron chi connectivity index (χ2n) is 4.26. The van der Waals surface area contributed by atoms with Crippen molar-refractivity contribution >= 4 is 5.91 Å². The van der Waals surface area contributed by atoms with E-state index < -0.39 is 0 Å². The highest BCUT2D eigenvalue weighted by Crippen LogP contribution is 2.19. The van der Waals surface area contributed by atoms with Crippen molar-refractivity contribution in [2.45, 2.75) is 44.2 Å². The number of nitrogens with two attached hydrogens (primary N) is 1. The maximum Gasteiger partial charge on any atom is 0.243 e. The van der Waals surface area contributed by atoms with Crippen molar-refractivity contribution in [3.63, 3.8) is 0 Å². The molecule has 3 N–H and O–H groups in total. The van der Waals surface area contributed by atoms with E-state index in [4.69, 9.17) is 10.5 Å². The third-order valence-corrected chi connectivity index (χ3v) is 2.88. The summed E-state index contributed by atoms with van der Waals surface area (Å²) in [6.07, 6.45) is 6.77. The lowest BCUT2D eigenvalue weighted by Crippen LogP contribution is -2.31. The van der Waals surface area contributed by atoms with Gasteiger partial charge < -0.3 is 15.8 Å². The van der Waals surface area contributed by atoms with E-state index in [0.717, 1.165) is 32.1 Å². The van der Waals surface area contributed by atoms with Crippen LogP contribution in [-0.2, 0) is 9.53 Å². The van der Waals surface area contributed by atoms with Gasteiger partial charge in [0.25, 0.3) is 0 Å². The lowest BCUT2D eigenvalue weighted by Gasteiger charge is -2.26. The summed E-state index contributed by atoms with van der Waals surface area (Å²) in [6, 6.07) is 0.367. The molecule has 0 spiro atoms. The molecule has 0 atom stereocenters. The Balaban J connectivity index is 1.95. The average molecular weight is 226 g/mol. The monoisotopic (exact) mass is 226 g/mol. The first-order valence-electron chi connectivity index (χ1n) is 6.00. The molecule has 1 aliphatic rings. The second-order valence-corrected chi connectivity index (χ2v) is 4.26. The van der Waals surface area contributed by atoms with Crippen LogP contribution in [0.3, 0.4) is 0 Å². The summed E-state index contributed by atoms with van der Waals surface area (Å²) in [5.74, 6) is -0.122. The normalized spacial score (nSPS) is 25.1. The van der Waals surface area contributed by atoms with Gasteiger partial charge in [0.15, 0.2) is 0 Å². The molecule has 0 bridgehead atoms. The molecule has 0 unspecified atom stereocenters. The van der Waals surface area contributed by atoms with Crippen LogP contribution in [0.4, 0.5) is 0 Å². The summed E-state index contributed by atoms with van der Waals surface area (Å²) >= 11 is 0. The number of carbonyl (C=O) groups is 1. The number of hydrogen-bond acceptors (Lipinski definition) is 3. The van der Waals surface area contributed by atoms with E-state index in [9.17, 15) is 4.79 Å². The Morgan fingerprint density at radius 1 is 1.44 bits per heavy atom. The highest BCUT2D eigenvalue weighted by Gasteiger charge is 2.18. The van der Waals surface area contributed by atoms with Crippen molar-refractivity contribution in [1.29, 1.82) is 0 Å². The number of rotatable bonds is 6. The molecule has 0 aromatic rings. The number of nitrogens with one attached hydrogen (secondary N) is 1. The molecule has 92 valence electrons. The summed E-state index contributed by atoms with van der Waals surface area (Å²) < 4.78 is 5.71. The molecular weight excluding hydrogens is 204 g/mol. The fraction of sp³-hybridized carbons (Fsp3) is 0.750. The lowest BCUT2D eigenvalue weighted by atomic mass is 9.94. The van der Waals surface area contributed by atoms with Crippen molar-refractivity contribution in [2.75, 3.05) is 13.2 Å². The molecule has 0 aromatic heterocycles. The van der Waals surface area contributed by atoms with E-state index in [1.807, 2.05) is 0 Å². The van der Waals surface area contributed by atoms with E-state index in [2.05, 4.69) is 11.9 Å². The van der Waals surface area contributed by atoms with Gasteiger partial charge in [0.1, 0.15) is 0 Å². The molecule has 4 heteroatoms. The molecule has 1 fully saturated rings. The van der Waals surface area contributed by atoms with Crippen LogP contribution in [0.25, 0.3) is 0 Å². The molecular formula is C12H22N2O2. The van der Waals surface area contributed by atoms with Gasteiger partial charge in [-0.05, 0) is 38.2 Å². The maximum atomic E-state index is 10.8. The third-order valence-electron chi connectivity index (χ3n) is 2.88. The Morgan fingerprint density at radius 3 is 2.75 bits per heavy atom. The van der Waals surface area contributed by atoms with Crippen molar-refractivity contribution < 1.29 is 9.53 Å². The van der Waals surface area contributed by atoms with Crippen LogP contribution < -0.4 is 11.1 Å². The Bertz CT molecular complexity index is 223. The fourth-order valence-corrected chi connectivity index (χ4v) is 1.86. The number of ether oxygens (including phenoxy) is 1. The molecule has 0 aromatic carbocycles. The van der Waals surface area contributed by atoms with E-state index in [1.165, 1.54) is 6.08 Å². The minimum Gasteiger partial charge on any atom is -0.378 e. The van der Waals surface area contributed by atoms with Gasteiger partial charge in [-0.25, -0.2) is 0 Å².